The molecular formula is C10H22O4. The number of hydrogen-bond donors (Lipinski definition) is 0. The van der Waals surface area contributed by atoms with E-state index in [0.29, 0.717) is 53.1 Å². The van der Waals surface area contributed by atoms with Crippen LogP contribution in [0.5, 0.6) is 0 Å². The third kappa shape index (κ3) is 11.8. The average molecular weight is 207 g/mol. The molecule has 0 N–H and O–H groups in total. The Hall–Kier alpha value is -0.160. The first-order valence-electron chi connectivity index (χ1n) is 5.72. The van der Waals surface area contributed by atoms with E-state index in [9.17, 15) is 0 Å². The largest absolute Gasteiger partial charge is 0.379 e. The minimum absolute atomic E-state index is 0.306. The van der Waals surface area contributed by atoms with E-state index >= 15 is 0 Å². The number of rotatable bonds is 11. The molecular weight excluding hydrogens is 184 g/mol. The second kappa shape index (κ2) is 12.8. The second-order valence-corrected chi connectivity index (χ2v) is 2.53. The molecule has 0 amide bonds. The van der Waals surface area contributed by atoms with Crippen molar-refractivity contribution in [3.63, 3.8) is 0 Å². The van der Waals surface area contributed by atoms with Crippen molar-refractivity contribution in [1.29, 1.82) is 0 Å². The molecule has 0 radical (unpaired) electrons. The van der Waals surface area contributed by atoms with E-state index in [0.717, 1.165) is 6.61 Å². The maximum atomic E-state index is 6.83. The topological polar surface area (TPSA) is 36.9 Å². The lowest BCUT2D eigenvalue weighted by Gasteiger charge is -2.05. The van der Waals surface area contributed by atoms with Gasteiger partial charge < -0.3 is 18.9 Å². The van der Waals surface area contributed by atoms with Gasteiger partial charge in [0.15, 0.2) is 0 Å². The first-order chi connectivity index (χ1) is 7.41. The Bertz CT molecular complexity index is 102. The summed E-state index contributed by atoms with van der Waals surface area (Å²) < 4.78 is 27.5. The standard InChI is InChI=1S/C10H22O4/c1-3-11-5-7-13-9-10-14-8-6-12-4-2/h3-10H2,1-2H3/i1D. The molecule has 0 spiro atoms. The maximum absolute atomic E-state index is 6.83. The van der Waals surface area contributed by atoms with Crippen LogP contribution in [0.3, 0.4) is 0 Å². The molecule has 0 aromatic rings. The SMILES string of the molecule is [2H]CCOCCOCCOCCOCC. The van der Waals surface area contributed by atoms with Crippen LogP contribution in [-0.4, -0.2) is 52.9 Å². The lowest BCUT2D eigenvalue weighted by Crippen LogP contribution is -2.11. The lowest BCUT2D eigenvalue weighted by molar-refractivity contribution is 0.000930. The highest BCUT2D eigenvalue weighted by Gasteiger charge is 1.90. The van der Waals surface area contributed by atoms with Crippen molar-refractivity contribution in [2.45, 2.75) is 13.8 Å². The van der Waals surface area contributed by atoms with Gasteiger partial charge in [-0.1, -0.05) is 0 Å². The summed E-state index contributed by atoms with van der Waals surface area (Å²) in [6.45, 7) is 7.02. The molecule has 14 heavy (non-hydrogen) atoms. The molecule has 0 saturated heterocycles. The summed E-state index contributed by atoms with van der Waals surface area (Å²) in [6, 6.07) is 0. The van der Waals surface area contributed by atoms with Gasteiger partial charge in [-0.05, 0) is 13.8 Å². The second-order valence-electron chi connectivity index (χ2n) is 2.53. The molecule has 0 rings (SSSR count). The third-order valence-electron chi connectivity index (χ3n) is 1.46. The monoisotopic (exact) mass is 207 g/mol. The predicted octanol–water partition coefficient (Wildman–Crippen LogP) is 1.09. The summed E-state index contributed by atoms with van der Waals surface area (Å²) >= 11 is 0. The Morgan fingerprint density at radius 3 is 1.57 bits per heavy atom. The van der Waals surface area contributed by atoms with E-state index in [4.69, 9.17) is 20.3 Å². The van der Waals surface area contributed by atoms with Crippen molar-refractivity contribution in [2.24, 2.45) is 0 Å². The van der Waals surface area contributed by atoms with Crippen LogP contribution in [0, 0.1) is 0 Å². The van der Waals surface area contributed by atoms with Crippen LogP contribution in [0.2, 0.25) is 0 Å². The Kier molecular flexibility index (Phi) is 10.9. The Labute approximate surface area is 87.9 Å². The molecule has 4 nitrogen and oxygen atoms in total. The Morgan fingerprint density at radius 2 is 1.14 bits per heavy atom. The van der Waals surface area contributed by atoms with Crippen LogP contribution in [0.15, 0.2) is 0 Å². The molecule has 86 valence electrons. The van der Waals surface area contributed by atoms with E-state index in [1.807, 2.05) is 6.92 Å². The Balaban J connectivity index is 2.81. The van der Waals surface area contributed by atoms with E-state index < -0.39 is 0 Å². The van der Waals surface area contributed by atoms with Crippen LogP contribution in [0.25, 0.3) is 0 Å². The molecule has 0 aliphatic rings. The molecule has 0 atom stereocenters. The normalized spacial score (nSPS) is 11.6. The average Bonchev–Trinajstić information content (AvgIpc) is 2.26. The smallest absolute Gasteiger partial charge is 0.0701 e. The maximum Gasteiger partial charge on any atom is 0.0701 e. The minimum Gasteiger partial charge on any atom is -0.379 e. The van der Waals surface area contributed by atoms with Crippen LogP contribution in [-0.2, 0) is 18.9 Å². The Morgan fingerprint density at radius 1 is 0.714 bits per heavy atom. The number of ether oxygens (including phenoxy) is 4. The highest BCUT2D eigenvalue weighted by molar-refractivity contribution is 4.33. The fraction of sp³-hybridized carbons (Fsp3) is 1.00. The predicted molar refractivity (Wildman–Crippen MR) is 54.6 cm³/mol. The van der Waals surface area contributed by atoms with Crippen LogP contribution >= 0.6 is 0 Å². The molecule has 4 heteroatoms. The van der Waals surface area contributed by atoms with Crippen LogP contribution < -0.4 is 0 Å². The van der Waals surface area contributed by atoms with Gasteiger partial charge in [0, 0.05) is 14.6 Å². The molecule has 0 aromatic carbocycles. The quantitative estimate of drug-likeness (QED) is 0.475. The van der Waals surface area contributed by atoms with Crippen molar-refractivity contribution < 1.29 is 20.3 Å². The first kappa shape index (κ1) is 11.9. The van der Waals surface area contributed by atoms with Gasteiger partial charge in [-0.2, -0.15) is 0 Å². The third-order valence-corrected chi connectivity index (χ3v) is 1.46. The molecule has 0 aliphatic carbocycles. The molecule has 0 saturated carbocycles. The first-order valence-corrected chi connectivity index (χ1v) is 5.02. The van der Waals surface area contributed by atoms with E-state index in [1.54, 1.807) is 0 Å². The fourth-order valence-corrected chi connectivity index (χ4v) is 0.804. The van der Waals surface area contributed by atoms with Gasteiger partial charge in [-0.3, -0.25) is 0 Å². The minimum atomic E-state index is 0.306. The highest BCUT2D eigenvalue weighted by atomic mass is 16.6. The van der Waals surface area contributed by atoms with Gasteiger partial charge in [-0.25, -0.2) is 0 Å². The van der Waals surface area contributed by atoms with Crippen LogP contribution in [0.1, 0.15) is 15.2 Å². The van der Waals surface area contributed by atoms with E-state index in [2.05, 4.69) is 0 Å². The van der Waals surface area contributed by atoms with Crippen molar-refractivity contribution in [3.05, 3.63) is 0 Å². The van der Waals surface area contributed by atoms with Crippen LogP contribution in [0.4, 0.5) is 0 Å². The molecule has 0 heterocycles. The summed E-state index contributed by atoms with van der Waals surface area (Å²) in [5, 5.41) is 0. The van der Waals surface area contributed by atoms with Crippen molar-refractivity contribution >= 4 is 0 Å². The molecule has 0 aromatic heterocycles. The van der Waals surface area contributed by atoms with Crippen molar-refractivity contribution in [2.75, 3.05) is 52.9 Å². The molecule has 0 bridgehead atoms. The fourth-order valence-electron chi connectivity index (χ4n) is 0.804. The lowest BCUT2D eigenvalue weighted by atomic mass is 10.7. The number of hydrogen-bond acceptors (Lipinski definition) is 4. The van der Waals surface area contributed by atoms with Crippen molar-refractivity contribution in [3.8, 4) is 0 Å². The molecule has 0 fully saturated rings. The zero-order valence-electron chi connectivity index (χ0n) is 10.00. The van der Waals surface area contributed by atoms with Gasteiger partial charge >= 0.3 is 0 Å². The van der Waals surface area contributed by atoms with Gasteiger partial charge in [0.05, 0.1) is 39.6 Å². The molecule has 0 unspecified atom stereocenters. The van der Waals surface area contributed by atoms with Gasteiger partial charge in [-0.15, -0.1) is 0 Å². The highest BCUT2D eigenvalue weighted by Crippen LogP contribution is 1.81. The van der Waals surface area contributed by atoms with Gasteiger partial charge in [0.25, 0.3) is 0 Å². The molecule has 0 aliphatic heterocycles. The summed E-state index contributed by atoms with van der Waals surface area (Å²) in [4.78, 5) is 0. The van der Waals surface area contributed by atoms with Crippen molar-refractivity contribution in [1.82, 2.24) is 0 Å². The summed E-state index contributed by atoms with van der Waals surface area (Å²) in [6.07, 6.45) is 0. The summed E-state index contributed by atoms with van der Waals surface area (Å²) in [5.74, 6) is 0. The summed E-state index contributed by atoms with van der Waals surface area (Å²) in [5.41, 5.74) is 0. The zero-order valence-corrected chi connectivity index (χ0v) is 9.00. The van der Waals surface area contributed by atoms with Gasteiger partial charge in [0.2, 0.25) is 0 Å². The summed E-state index contributed by atoms with van der Waals surface area (Å²) in [7, 11) is 0. The van der Waals surface area contributed by atoms with E-state index in [-0.39, 0.29) is 0 Å². The van der Waals surface area contributed by atoms with Gasteiger partial charge in [0.1, 0.15) is 0 Å². The van der Waals surface area contributed by atoms with E-state index in [1.165, 1.54) is 0 Å². The zero-order chi connectivity index (χ0) is 11.2.